The standard InChI is InChI=1S/C17H26N2O/c1-18-9-4-7-17(13-18)8-10-19(14-17)12-15-5-3-6-16(11-15)20-2/h3,5-6,11H,4,7-10,12-14H2,1-2H3. The smallest absolute Gasteiger partial charge is 0.119 e. The molecule has 0 radical (unpaired) electrons. The number of nitrogens with zero attached hydrogens (tertiary/aromatic N) is 2. The summed E-state index contributed by atoms with van der Waals surface area (Å²) in [5, 5.41) is 0. The minimum absolute atomic E-state index is 0.561. The fourth-order valence-corrected chi connectivity index (χ4v) is 3.98. The van der Waals surface area contributed by atoms with Crippen LogP contribution in [0.15, 0.2) is 24.3 Å². The molecule has 0 bridgehead atoms. The van der Waals surface area contributed by atoms with Crippen LogP contribution >= 0.6 is 0 Å². The summed E-state index contributed by atoms with van der Waals surface area (Å²) >= 11 is 0. The second-order valence-corrected chi connectivity index (χ2v) is 6.65. The predicted octanol–water partition coefficient (Wildman–Crippen LogP) is 2.61. The third-order valence-corrected chi connectivity index (χ3v) is 4.91. The fraction of sp³-hybridized carbons (Fsp3) is 0.647. The number of piperidine rings is 1. The highest BCUT2D eigenvalue weighted by molar-refractivity contribution is 5.28. The Morgan fingerprint density at radius 2 is 2.10 bits per heavy atom. The molecule has 0 N–H and O–H groups in total. The lowest BCUT2D eigenvalue weighted by Gasteiger charge is -2.38. The van der Waals surface area contributed by atoms with E-state index < -0.39 is 0 Å². The zero-order valence-electron chi connectivity index (χ0n) is 12.8. The van der Waals surface area contributed by atoms with Crippen molar-refractivity contribution in [3.05, 3.63) is 29.8 Å². The van der Waals surface area contributed by atoms with E-state index in [4.69, 9.17) is 4.74 Å². The van der Waals surface area contributed by atoms with Crippen molar-refractivity contribution in [3.8, 4) is 5.75 Å². The van der Waals surface area contributed by atoms with E-state index in [2.05, 4.69) is 35.0 Å². The van der Waals surface area contributed by atoms with Crippen molar-refractivity contribution in [2.75, 3.05) is 40.3 Å². The Labute approximate surface area is 122 Å². The Bertz CT molecular complexity index is 462. The van der Waals surface area contributed by atoms with Gasteiger partial charge in [-0.05, 0) is 62.5 Å². The molecule has 1 spiro atoms. The molecule has 3 rings (SSSR count). The van der Waals surface area contributed by atoms with Crippen molar-refractivity contribution in [1.82, 2.24) is 9.80 Å². The van der Waals surface area contributed by atoms with E-state index >= 15 is 0 Å². The zero-order chi connectivity index (χ0) is 14.0. The molecule has 0 aliphatic carbocycles. The van der Waals surface area contributed by atoms with E-state index in [1.807, 2.05) is 6.07 Å². The van der Waals surface area contributed by atoms with E-state index in [-0.39, 0.29) is 0 Å². The maximum absolute atomic E-state index is 5.32. The molecule has 2 aliphatic rings. The minimum atomic E-state index is 0.561. The van der Waals surface area contributed by atoms with Crippen molar-refractivity contribution in [2.45, 2.75) is 25.8 Å². The number of hydrogen-bond donors (Lipinski definition) is 0. The fourth-order valence-electron chi connectivity index (χ4n) is 3.98. The average molecular weight is 274 g/mol. The lowest BCUT2D eigenvalue weighted by molar-refractivity contribution is 0.112. The van der Waals surface area contributed by atoms with Crippen molar-refractivity contribution < 1.29 is 4.74 Å². The number of benzene rings is 1. The van der Waals surface area contributed by atoms with Crippen LogP contribution in [0.4, 0.5) is 0 Å². The van der Waals surface area contributed by atoms with Crippen LogP contribution in [0.1, 0.15) is 24.8 Å². The van der Waals surface area contributed by atoms with Gasteiger partial charge in [-0.25, -0.2) is 0 Å². The molecular weight excluding hydrogens is 248 g/mol. The Hall–Kier alpha value is -1.06. The van der Waals surface area contributed by atoms with Crippen LogP contribution in [0.2, 0.25) is 0 Å². The van der Waals surface area contributed by atoms with Gasteiger partial charge in [0.05, 0.1) is 7.11 Å². The number of ether oxygens (including phenoxy) is 1. The highest BCUT2D eigenvalue weighted by Gasteiger charge is 2.40. The van der Waals surface area contributed by atoms with Crippen LogP contribution in [0.25, 0.3) is 0 Å². The summed E-state index contributed by atoms with van der Waals surface area (Å²) in [6.07, 6.45) is 4.14. The van der Waals surface area contributed by atoms with Gasteiger partial charge in [0.2, 0.25) is 0 Å². The lowest BCUT2D eigenvalue weighted by atomic mass is 9.79. The van der Waals surface area contributed by atoms with Gasteiger partial charge in [-0.2, -0.15) is 0 Å². The van der Waals surface area contributed by atoms with Gasteiger partial charge in [-0.1, -0.05) is 12.1 Å². The first-order chi connectivity index (χ1) is 9.69. The molecular formula is C17H26N2O. The van der Waals surface area contributed by atoms with Gasteiger partial charge in [0.15, 0.2) is 0 Å². The van der Waals surface area contributed by atoms with E-state index in [1.165, 1.54) is 51.0 Å². The molecule has 2 aliphatic heterocycles. The van der Waals surface area contributed by atoms with Gasteiger partial charge < -0.3 is 9.64 Å². The van der Waals surface area contributed by atoms with Gasteiger partial charge in [0.1, 0.15) is 5.75 Å². The van der Waals surface area contributed by atoms with Crippen LogP contribution in [-0.4, -0.2) is 50.1 Å². The highest BCUT2D eigenvalue weighted by Crippen LogP contribution is 2.39. The molecule has 2 saturated heterocycles. The first-order valence-electron chi connectivity index (χ1n) is 7.73. The van der Waals surface area contributed by atoms with Crippen molar-refractivity contribution >= 4 is 0 Å². The van der Waals surface area contributed by atoms with Crippen LogP contribution in [0.3, 0.4) is 0 Å². The van der Waals surface area contributed by atoms with Gasteiger partial charge in [-0.3, -0.25) is 4.90 Å². The topological polar surface area (TPSA) is 15.7 Å². The van der Waals surface area contributed by atoms with Gasteiger partial charge >= 0.3 is 0 Å². The summed E-state index contributed by atoms with van der Waals surface area (Å²) in [6, 6.07) is 8.48. The van der Waals surface area contributed by atoms with Gasteiger partial charge in [-0.15, -0.1) is 0 Å². The first-order valence-corrected chi connectivity index (χ1v) is 7.73. The molecule has 0 amide bonds. The molecule has 1 aromatic rings. The van der Waals surface area contributed by atoms with Crippen molar-refractivity contribution in [3.63, 3.8) is 0 Å². The van der Waals surface area contributed by atoms with E-state index in [9.17, 15) is 0 Å². The Morgan fingerprint density at radius 1 is 1.20 bits per heavy atom. The third-order valence-electron chi connectivity index (χ3n) is 4.91. The van der Waals surface area contributed by atoms with Crippen LogP contribution in [-0.2, 0) is 6.54 Å². The molecule has 1 aromatic carbocycles. The SMILES string of the molecule is COc1cccc(CN2CCC3(CCCN(C)C3)C2)c1. The molecule has 1 unspecified atom stereocenters. The van der Waals surface area contributed by atoms with E-state index in [0.29, 0.717) is 5.41 Å². The molecule has 2 fully saturated rings. The monoisotopic (exact) mass is 274 g/mol. The van der Waals surface area contributed by atoms with Crippen molar-refractivity contribution in [1.29, 1.82) is 0 Å². The molecule has 20 heavy (non-hydrogen) atoms. The van der Waals surface area contributed by atoms with Crippen LogP contribution in [0, 0.1) is 5.41 Å². The van der Waals surface area contributed by atoms with Crippen LogP contribution in [0.5, 0.6) is 5.75 Å². The van der Waals surface area contributed by atoms with Crippen molar-refractivity contribution in [2.24, 2.45) is 5.41 Å². The Kier molecular flexibility index (Phi) is 3.99. The Morgan fingerprint density at radius 3 is 2.90 bits per heavy atom. The lowest BCUT2D eigenvalue weighted by Crippen LogP contribution is -2.42. The van der Waals surface area contributed by atoms with E-state index in [0.717, 1.165) is 12.3 Å². The summed E-state index contributed by atoms with van der Waals surface area (Å²) < 4.78 is 5.32. The summed E-state index contributed by atoms with van der Waals surface area (Å²) in [4.78, 5) is 5.13. The zero-order valence-corrected chi connectivity index (χ0v) is 12.8. The minimum Gasteiger partial charge on any atom is -0.497 e. The summed E-state index contributed by atoms with van der Waals surface area (Å²) in [6.45, 7) is 6.11. The molecule has 0 saturated carbocycles. The second kappa shape index (κ2) is 5.74. The largest absolute Gasteiger partial charge is 0.497 e. The van der Waals surface area contributed by atoms with Crippen LogP contribution < -0.4 is 4.74 Å². The molecule has 110 valence electrons. The number of hydrogen-bond acceptors (Lipinski definition) is 3. The molecule has 3 nitrogen and oxygen atoms in total. The quantitative estimate of drug-likeness (QED) is 0.842. The molecule has 1 atom stereocenters. The third kappa shape index (κ3) is 2.99. The highest BCUT2D eigenvalue weighted by atomic mass is 16.5. The summed E-state index contributed by atoms with van der Waals surface area (Å²) in [5.74, 6) is 0.966. The van der Waals surface area contributed by atoms with Gasteiger partial charge in [0.25, 0.3) is 0 Å². The number of methoxy groups -OCH3 is 1. The Balaban J connectivity index is 1.62. The summed E-state index contributed by atoms with van der Waals surface area (Å²) in [7, 11) is 4.01. The predicted molar refractivity (Wildman–Crippen MR) is 82.1 cm³/mol. The first kappa shape index (κ1) is 13.9. The summed E-state index contributed by atoms with van der Waals surface area (Å²) in [5.41, 5.74) is 1.93. The maximum Gasteiger partial charge on any atom is 0.119 e. The number of rotatable bonds is 3. The average Bonchev–Trinajstić information content (AvgIpc) is 2.81. The molecule has 0 aromatic heterocycles. The normalized spacial score (nSPS) is 28.1. The molecule has 2 heterocycles. The van der Waals surface area contributed by atoms with Gasteiger partial charge in [0, 0.05) is 19.6 Å². The second-order valence-electron chi connectivity index (χ2n) is 6.65. The maximum atomic E-state index is 5.32. The molecule has 3 heteroatoms. The number of likely N-dealkylation sites (tertiary alicyclic amines) is 2. The van der Waals surface area contributed by atoms with E-state index in [1.54, 1.807) is 7.11 Å².